The summed E-state index contributed by atoms with van der Waals surface area (Å²) in [5.41, 5.74) is -0.670. The van der Waals surface area contributed by atoms with Gasteiger partial charge in [-0.05, 0) is 29.3 Å². The molecule has 2 rings (SSSR count). The molecule has 0 radical (unpaired) electrons. The number of ether oxygens (including phenoxy) is 1. The number of benzene rings is 1. The summed E-state index contributed by atoms with van der Waals surface area (Å²) in [6.45, 7) is 1.95. The summed E-state index contributed by atoms with van der Waals surface area (Å²) in [7, 11) is 0. The maximum atomic E-state index is 12.1. The molecule has 4 heteroatoms. The average Bonchev–Trinajstić information content (AvgIpc) is 2.93. The summed E-state index contributed by atoms with van der Waals surface area (Å²) < 4.78 is 5.00. The summed E-state index contributed by atoms with van der Waals surface area (Å²) in [5.74, 6) is -0.644. The van der Waals surface area contributed by atoms with Gasteiger partial charge in [-0.3, -0.25) is 0 Å². The third-order valence-corrected chi connectivity index (χ3v) is 3.38. The van der Waals surface area contributed by atoms with Crippen LogP contribution in [0.2, 0.25) is 0 Å². The van der Waals surface area contributed by atoms with E-state index in [2.05, 4.69) is 0 Å². The molecule has 1 atom stereocenters. The average molecular weight is 262 g/mol. The Morgan fingerprint density at radius 3 is 2.56 bits per heavy atom. The van der Waals surface area contributed by atoms with E-state index in [0.29, 0.717) is 11.1 Å². The van der Waals surface area contributed by atoms with E-state index in [1.807, 2.05) is 11.4 Å². The molecule has 94 valence electrons. The maximum absolute atomic E-state index is 12.1. The second-order valence-electron chi connectivity index (χ2n) is 3.81. The molecule has 3 nitrogen and oxygen atoms in total. The first kappa shape index (κ1) is 12.8. The van der Waals surface area contributed by atoms with Gasteiger partial charge in [-0.25, -0.2) is 4.79 Å². The third-order valence-electron chi connectivity index (χ3n) is 2.70. The second kappa shape index (κ2) is 5.33. The molecule has 0 spiro atoms. The zero-order chi connectivity index (χ0) is 13.0. The van der Waals surface area contributed by atoms with Gasteiger partial charge in [0.05, 0.1) is 6.61 Å². The summed E-state index contributed by atoms with van der Waals surface area (Å²) in [4.78, 5) is 12.1. The number of aliphatic hydroxyl groups is 1. The van der Waals surface area contributed by atoms with E-state index in [0.717, 1.165) is 0 Å². The molecule has 1 aromatic carbocycles. The van der Waals surface area contributed by atoms with E-state index in [1.54, 1.807) is 42.6 Å². The molecule has 0 saturated heterocycles. The first-order valence-electron chi connectivity index (χ1n) is 5.67. The Morgan fingerprint density at radius 2 is 2.00 bits per heavy atom. The molecule has 1 unspecified atom stereocenters. The first-order valence-corrected chi connectivity index (χ1v) is 6.61. The van der Waals surface area contributed by atoms with E-state index < -0.39 is 11.6 Å². The van der Waals surface area contributed by atoms with Gasteiger partial charge >= 0.3 is 5.97 Å². The molecule has 0 aliphatic heterocycles. The van der Waals surface area contributed by atoms with Gasteiger partial charge in [-0.2, -0.15) is 11.3 Å². The van der Waals surface area contributed by atoms with Crippen molar-refractivity contribution in [2.75, 3.05) is 6.61 Å². The third kappa shape index (κ3) is 2.17. The molecule has 1 aromatic heterocycles. The Balaban J connectivity index is 2.50. The van der Waals surface area contributed by atoms with Crippen LogP contribution in [-0.4, -0.2) is 17.7 Å². The van der Waals surface area contributed by atoms with Crippen LogP contribution in [0, 0.1) is 0 Å². The lowest BCUT2D eigenvalue weighted by Gasteiger charge is -2.25. The summed E-state index contributed by atoms with van der Waals surface area (Å²) >= 11 is 1.43. The summed E-state index contributed by atoms with van der Waals surface area (Å²) in [5, 5.41) is 14.4. The highest BCUT2D eigenvalue weighted by Gasteiger charge is 2.41. The number of esters is 1. The van der Waals surface area contributed by atoms with Crippen molar-refractivity contribution < 1.29 is 14.6 Å². The molecule has 18 heavy (non-hydrogen) atoms. The molecule has 0 aliphatic rings. The van der Waals surface area contributed by atoms with Crippen molar-refractivity contribution in [1.82, 2.24) is 0 Å². The fourth-order valence-corrected chi connectivity index (χ4v) is 2.49. The highest BCUT2D eigenvalue weighted by atomic mass is 32.1. The Hall–Kier alpha value is -1.65. The van der Waals surface area contributed by atoms with Crippen molar-refractivity contribution in [3.05, 3.63) is 58.3 Å². The van der Waals surface area contributed by atoms with Crippen LogP contribution in [0.4, 0.5) is 0 Å². The smallest absolute Gasteiger partial charge is 0.347 e. The van der Waals surface area contributed by atoms with Crippen LogP contribution in [0.3, 0.4) is 0 Å². The van der Waals surface area contributed by atoms with Gasteiger partial charge in [0.25, 0.3) is 0 Å². The summed E-state index contributed by atoms with van der Waals surface area (Å²) in [6, 6.07) is 10.6. The van der Waals surface area contributed by atoms with Crippen molar-refractivity contribution >= 4 is 17.3 Å². The molecular weight excluding hydrogens is 248 g/mol. The van der Waals surface area contributed by atoms with Gasteiger partial charge in [0.2, 0.25) is 5.60 Å². The number of carbonyl (C=O) groups is 1. The first-order chi connectivity index (χ1) is 8.69. The molecular formula is C14H14O3S. The standard InChI is InChI=1S/C14H14O3S/c1-2-17-13(15)14(16,12-8-9-18-10-12)11-6-4-3-5-7-11/h3-10,16H,2H2,1H3. The van der Waals surface area contributed by atoms with E-state index in [4.69, 9.17) is 4.74 Å². The minimum atomic E-state index is -1.72. The second-order valence-corrected chi connectivity index (χ2v) is 4.59. The summed E-state index contributed by atoms with van der Waals surface area (Å²) in [6.07, 6.45) is 0. The van der Waals surface area contributed by atoms with Crippen LogP contribution in [0.1, 0.15) is 18.1 Å². The quantitative estimate of drug-likeness (QED) is 0.861. The highest BCUT2D eigenvalue weighted by Crippen LogP contribution is 2.32. The van der Waals surface area contributed by atoms with E-state index in [9.17, 15) is 9.90 Å². The Labute approximate surface area is 110 Å². The van der Waals surface area contributed by atoms with Crippen LogP contribution in [0.25, 0.3) is 0 Å². The number of rotatable bonds is 4. The van der Waals surface area contributed by atoms with Gasteiger partial charge in [-0.1, -0.05) is 30.3 Å². The minimum absolute atomic E-state index is 0.234. The van der Waals surface area contributed by atoms with E-state index >= 15 is 0 Å². The minimum Gasteiger partial charge on any atom is -0.463 e. The van der Waals surface area contributed by atoms with Crippen molar-refractivity contribution in [2.24, 2.45) is 0 Å². The van der Waals surface area contributed by atoms with Gasteiger partial charge in [0.1, 0.15) is 0 Å². The molecule has 0 fully saturated rings. The largest absolute Gasteiger partial charge is 0.463 e. The number of carbonyl (C=O) groups excluding carboxylic acids is 1. The van der Waals surface area contributed by atoms with Gasteiger partial charge in [-0.15, -0.1) is 0 Å². The lowest BCUT2D eigenvalue weighted by molar-refractivity contribution is -0.161. The maximum Gasteiger partial charge on any atom is 0.347 e. The van der Waals surface area contributed by atoms with Crippen LogP contribution in [-0.2, 0) is 15.1 Å². The number of hydrogen-bond donors (Lipinski definition) is 1. The SMILES string of the molecule is CCOC(=O)C(O)(c1ccccc1)c1ccsc1. The van der Waals surface area contributed by atoms with Gasteiger partial charge in [0.15, 0.2) is 0 Å². The molecule has 1 heterocycles. The monoisotopic (exact) mass is 262 g/mol. The molecule has 0 bridgehead atoms. The van der Waals surface area contributed by atoms with Crippen LogP contribution < -0.4 is 0 Å². The normalized spacial score (nSPS) is 13.9. The topological polar surface area (TPSA) is 46.5 Å². The molecule has 2 aromatic rings. The van der Waals surface area contributed by atoms with Crippen molar-refractivity contribution in [3.63, 3.8) is 0 Å². The van der Waals surface area contributed by atoms with Crippen molar-refractivity contribution in [3.8, 4) is 0 Å². The van der Waals surface area contributed by atoms with Crippen LogP contribution >= 0.6 is 11.3 Å². The van der Waals surface area contributed by atoms with Crippen molar-refractivity contribution in [1.29, 1.82) is 0 Å². The van der Waals surface area contributed by atoms with Gasteiger partial charge in [0, 0.05) is 5.56 Å². The van der Waals surface area contributed by atoms with Gasteiger partial charge < -0.3 is 9.84 Å². The molecule has 1 N–H and O–H groups in total. The Kier molecular flexibility index (Phi) is 3.79. The number of hydrogen-bond acceptors (Lipinski definition) is 4. The zero-order valence-corrected chi connectivity index (χ0v) is 10.8. The lowest BCUT2D eigenvalue weighted by Crippen LogP contribution is -2.38. The predicted molar refractivity (Wildman–Crippen MR) is 70.4 cm³/mol. The molecule has 0 amide bonds. The Bertz CT molecular complexity index is 507. The zero-order valence-electron chi connectivity index (χ0n) is 10.00. The van der Waals surface area contributed by atoms with E-state index in [1.165, 1.54) is 11.3 Å². The Morgan fingerprint density at radius 1 is 1.28 bits per heavy atom. The predicted octanol–water partition coefficient (Wildman–Crippen LogP) is 2.55. The molecule has 0 saturated carbocycles. The number of thiophene rings is 1. The highest BCUT2D eigenvalue weighted by molar-refractivity contribution is 7.08. The van der Waals surface area contributed by atoms with Crippen LogP contribution in [0.15, 0.2) is 47.2 Å². The fraction of sp³-hybridized carbons (Fsp3) is 0.214. The fourth-order valence-electron chi connectivity index (χ4n) is 1.79. The van der Waals surface area contributed by atoms with Crippen LogP contribution in [0.5, 0.6) is 0 Å². The lowest BCUT2D eigenvalue weighted by atomic mass is 9.88. The van der Waals surface area contributed by atoms with Crippen molar-refractivity contribution in [2.45, 2.75) is 12.5 Å². The molecule has 0 aliphatic carbocycles. The van der Waals surface area contributed by atoms with E-state index in [-0.39, 0.29) is 6.61 Å².